The number of hydrogen-bond acceptors (Lipinski definition) is 3. The highest BCUT2D eigenvalue weighted by atomic mass is 35.5. The van der Waals surface area contributed by atoms with Gasteiger partial charge in [-0.3, -0.25) is 0 Å². The molecule has 0 unspecified atom stereocenters. The maximum atomic E-state index is 15.1. The Kier molecular flexibility index (Phi) is 7.26. The lowest BCUT2D eigenvalue weighted by Gasteiger charge is -2.09. The van der Waals surface area contributed by atoms with E-state index in [0.717, 1.165) is 29.4 Å². The summed E-state index contributed by atoms with van der Waals surface area (Å²) in [6.45, 7) is 0.688. The number of nitrogens with zero attached hydrogens (tertiary/aromatic N) is 2. The summed E-state index contributed by atoms with van der Waals surface area (Å²) < 4.78 is 47.5. The van der Waals surface area contributed by atoms with E-state index in [2.05, 4.69) is 9.97 Å². The predicted octanol–water partition coefficient (Wildman–Crippen LogP) is 6.73. The fourth-order valence-corrected chi connectivity index (χ4v) is 3.86. The molecule has 3 nitrogen and oxygen atoms in total. The molecule has 7 heteroatoms. The molecular formula is C26H22ClF3N2O. The summed E-state index contributed by atoms with van der Waals surface area (Å²) in [6, 6.07) is 11.2. The minimum absolute atomic E-state index is 0.288. The lowest BCUT2D eigenvalue weighted by Crippen LogP contribution is -1.98. The van der Waals surface area contributed by atoms with Crippen molar-refractivity contribution in [1.29, 1.82) is 0 Å². The van der Waals surface area contributed by atoms with Gasteiger partial charge >= 0.3 is 0 Å². The number of rotatable bonds is 8. The molecule has 0 radical (unpaired) electrons. The van der Waals surface area contributed by atoms with Crippen LogP contribution in [-0.2, 0) is 24.0 Å². The van der Waals surface area contributed by atoms with Gasteiger partial charge in [-0.15, -0.1) is 0 Å². The fraction of sp³-hybridized carbons (Fsp3) is 0.231. The normalized spacial score (nSPS) is 11.3. The summed E-state index contributed by atoms with van der Waals surface area (Å²) in [5, 5.41) is 0.669. The van der Waals surface area contributed by atoms with E-state index < -0.39 is 16.7 Å². The molecule has 0 aliphatic rings. The van der Waals surface area contributed by atoms with E-state index in [-0.39, 0.29) is 12.2 Å². The molecule has 4 rings (SSSR count). The smallest absolute Gasteiger partial charge is 0.159 e. The van der Waals surface area contributed by atoms with Crippen molar-refractivity contribution in [3.8, 4) is 11.4 Å². The standard InChI is InChI=1S/C26H22ClF3N2O/c1-33-10-2-3-17-14-31-26(32-15-17)20-8-9-21-19(13-20)7-6-18(25(21)30)5-4-16-11-22(28)24(27)23(29)12-16/h6-9,11-15H,2-5,10H2,1H3. The Hall–Kier alpha value is -2.96. The third-order valence-electron chi connectivity index (χ3n) is 5.54. The van der Waals surface area contributed by atoms with E-state index in [1.807, 2.05) is 12.1 Å². The van der Waals surface area contributed by atoms with Crippen molar-refractivity contribution < 1.29 is 17.9 Å². The summed E-state index contributed by atoms with van der Waals surface area (Å²) in [5.41, 5.74) is 2.73. The SMILES string of the molecule is COCCCc1cnc(-c2ccc3c(F)c(CCc4cc(F)c(Cl)c(F)c4)ccc3c2)nc1. The molecule has 0 fully saturated rings. The molecule has 170 valence electrons. The van der Waals surface area contributed by atoms with Crippen molar-refractivity contribution in [1.82, 2.24) is 9.97 Å². The van der Waals surface area contributed by atoms with Gasteiger partial charge in [0.1, 0.15) is 22.5 Å². The summed E-state index contributed by atoms with van der Waals surface area (Å²) in [5.74, 6) is -1.40. The first kappa shape index (κ1) is 23.2. The molecule has 33 heavy (non-hydrogen) atoms. The maximum absolute atomic E-state index is 15.1. The third-order valence-corrected chi connectivity index (χ3v) is 5.90. The van der Waals surface area contributed by atoms with Crippen LogP contribution in [0.2, 0.25) is 5.02 Å². The average molecular weight is 471 g/mol. The molecule has 0 N–H and O–H groups in total. The Bertz CT molecular complexity index is 1260. The van der Waals surface area contributed by atoms with Gasteiger partial charge in [-0.05, 0) is 66.0 Å². The molecule has 0 aliphatic carbocycles. The molecule has 0 spiro atoms. The molecule has 0 amide bonds. The minimum atomic E-state index is -0.816. The van der Waals surface area contributed by atoms with Crippen LogP contribution in [0.25, 0.3) is 22.2 Å². The van der Waals surface area contributed by atoms with Gasteiger partial charge in [0.15, 0.2) is 5.82 Å². The van der Waals surface area contributed by atoms with Gasteiger partial charge in [0.05, 0.1) is 0 Å². The van der Waals surface area contributed by atoms with Crippen molar-refractivity contribution in [2.75, 3.05) is 13.7 Å². The van der Waals surface area contributed by atoms with Crippen molar-refractivity contribution >= 4 is 22.4 Å². The van der Waals surface area contributed by atoms with Crippen LogP contribution in [0.5, 0.6) is 0 Å². The minimum Gasteiger partial charge on any atom is -0.385 e. The number of aromatic nitrogens is 2. The molecule has 1 aromatic heterocycles. The van der Waals surface area contributed by atoms with Crippen molar-refractivity contribution in [2.45, 2.75) is 25.7 Å². The van der Waals surface area contributed by atoms with Crippen LogP contribution in [0, 0.1) is 17.5 Å². The molecule has 3 aromatic carbocycles. The number of aryl methyl sites for hydroxylation is 3. The highest BCUT2D eigenvalue weighted by Gasteiger charge is 2.12. The molecule has 0 saturated carbocycles. The van der Waals surface area contributed by atoms with Gasteiger partial charge in [-0.1, -0.05) is 35.9 Å². The van der Waals surface area contributed by atoms with E-state index in [1.165, 1.54) is 12.1 Å². The second-order valence-electron chi connectivity index (χ2n) is 7.86. The van der Waals surface area contributed by atoms with Gasteiger partial charge in [0.2, 0.25) is 0 Å². The number of ether oxygens (including phenoxy) is 1. The second-order valence-corrected chi connectivity index (χ2v) is 8.24. The highest BCUT2D eigenvalue weighted by molar-refractivity contribution is 6.30. The molecular weight excluding hydrogens is 449 g/mol. The molecule has 0 bridgehead atoms. The number of halogens is 4. The first-order chi connectivity index (χ1) is 16.0. The Morgan fingerprint density at radius 1 is 0.848 bits per heavy atom. The lowest BCUT2D eigenvalue weighted by atomic mass is 9.99. The lowest BCUT2D eigenvalue weighted by molar-refractivity contribution is 0.195. The van der Waals surface area contributed by atoms with Gasteiger partial charge < -0.3 is 4.74 Å². The van der Waals surface area contributed by atoms with Crippen LogP contribution < -0.4 is 0 Å². The van der Waals surface area contributed by atoms with Crippen molar-refractivity contribution in [3.05, 3.63) is 94.0 Å². The molecule has 0 atom stereocenters. The first-order valence-electron chi connectivity index (χ1n) is 10.6. The number of methoxy groups -OCH3 is 1. The summed E-state index contributed by atoms with van der Waals surface area (Å²) in [4.78, 5) is 8.88. The number of fused-ring (bicyclic) bond motifs is 1. The van der Waals surface area contributed by atoms with E-state index in [9.17, 15) is 8.78 Å². The van der Waals surface area contributed by atoms with E-state index >= 15 is 4.39 Å². The molecule has 1 heterocycles. The number of benzene rings is 3. The third kappa shape index (κ3) is 5.34. The molecule has 0 saturated heterocycles. The van der Waals surface area contributed by atoms with Crippen LogP contribution in [0.4, 0.5) is 13.2 Å². The summed E-state index contributed by atoms with van der Waals surface area (Å²) in [7, 11) is 1.67. The van der Waals surface area contributed by atoms with Crippen LogP contribution in [0.15, 0.2) is 54.9 Å². The monoisotopic (exact) mass is 470 g/mol. The quantitative estimate of drug-likeness (QED) is 0.211. The fourth-order valence-electron chi connectivity index (χ4n) is 3.75. The van der Waals surface area contributed by atoms with Crippen LogP contribution in [-0.4, -0.2) is 23.7 Å². The van der Waals surface area contributed by atoms with Crippen molar-refractivity contribution in [3.63, 3.8) is 0 Å². The largest absolute Gasteiger partial charge is 0.385 e. The zero-order valence-electron chi connectivity index (χ0n) is 18.0. The van der Waals surface area contributed by atoms with E-state index in [4.69, 9.17) is 16.3 Å². The topological polar surface area (TPSA) is 35.0 Å². The highest BCUT2D eigenvalue weighted by Crippen LogP contribution is 2.27. The van der Waals surface area contributed by atoms with Gasteiger partial charge in [-0.2, -0.15) is 0 Å². The zero-order chi connectivity index (χ0) is 23.4. The maximum Gasteiger partial charge on any atom is 0.159 e. The Balaban J connectivity index is 1.51. The Morgan fingerprint density at radius 2 is 1.58 bits per heavy atom. The van der Waals surface area contributed by atoms with Gasteiger partial charge in [0.25, 0.3) is 0 Å². The average Bonchev–Trinajstić information content (AvgIpc) is 2.82. The first-order valence-corrected chi connectivity index (χ1v) is 11.0. The van der Waals surface area contributed by atoms with E-state index in [0.29, 0.717) is 35.4 Å². The zero-order valence-corrected chi connectivity index (χ0v) is 18.8. The predicted molar refractivity (Wildman–Crippen MR) is 124 cm³/mol. The van der Waals surface area contributed by atoms with Gasteiger partial charge in [-0.25, -0.2) is 23.1 Å². The van der Waals surface area contributed by atoms with E-state index in [1.54, 1.807) is 37.7 Å². The van der Waals surface area contributed by atoms with Crippen molar-refractivity contribution in [2.24, 2.45) is 0 Å². The van der Waals surface area contributed by atoms with Gasteiger partial charge in [0, 0.05) is 37.1 Å². The van der Waals surface area contributed by atoms with Crippen LogP contribution in [0.3, 0.4) is 0 Å². The molecule has 4 aromatic rings. The Morgan fingerprint density at radius 3 is 2.27 bits per heavy atom. The molecule has 0 aliphatic heterocycles. The van der Waals surface area contributed by atoms with Crippen LogP contribution in [0.1, 0.15) is 23.1 Å². The summed E-state index contributed by atoms with van der Waals surface area (Å²) >= 11 is 5.52. The van der Waals surface area contributed by atoms with Crippen LogP contribution >= 0.6 is 11.6 Å². The number of hydrogen-bond donors (Lipinski definition) is 0. The summed E-state index contributed by atoms with van der Waals surface area (Å²) in [6.07, 6.45) is 5.93. The Labute approximate surface area is 195 Å². The second kappa shape index (κ2) is 10.3.